The van der Waals surface area contributed by atoms with Crippen molar-refractivity contribution >= 4 is 23.4 Å². The zero-order valence-corrected chi connectivity index (χ0v) is 13.4. The predicted octanol–water partition coefficient (Wildman–Crippen LogP) is 1.26. The Balaban J connectivity index is 2.13. The fraction of sp³-hybridized carbons (Fsp3) is 0.467. The number of benzene rings is 1. The average Bonchev–Trinajstić information content (AvgIpc) is 2.46. The molecule has 5 nitrogen and oxygen atoms in total. The Kier molecular flexibility index (Phi) is 5.37. The number of hydrogen-bond acceptors (Lipinski definition) is 3. The van der Waals surface area contributed by atoms with Crippen LogP contribution in [0.15, 0.2) is 18.2 Å². The molecule has 1 N–H and O–H groups in total. The zero-order chi connectivity index (χ0) is 16.3. The summed E-state index contributed by atoms with van der Waals surface area (Å²) in [6.45, 7) is 1.52. The van der Waals surface area contributed by atoms with Crippen LogP contribution in [0.2, 0.25) is 5.02 Å². The van der Waals surface area contributed by atoms with Crippen molar-refractivity contribution in [3.05, 3.63) is 34.6 Å². The molecule has 1 fully saturated rings. The van der Waals surface area contributed by atoms with Gasteiger partial charge in [0, 0.05) is 33.7 Å². The van der Waals surface area contributed by atoms with Gasteiger partial charge < -0.3 is 10.2 Å². The van der Waals surface area contributed by atoms with E-state index in [-0.39, 0.29) is 23.3 Å². The summed E-state index contributed by atoms with van der Waals surface area (Å²) in [5, 5.41) is 2.84. The van der Waals surface area contributed by atoms with Crippen LogP contribution >= 0.6 is 11.6 Å². The summed E-state index contributed by atoms with van der Waals surface area (Å²) in [5.74, 6) is -0.772. The van der Waals surface area contributed by atoms with Gasteiger partial charge in [-0.1, -0.05) is 17.7 Å². The molecule has 0 aliphatic carbocycles. The normalized spacial score (nSPS) is 18.9. The molecule has 0 spiro atoms. The molecular formula is C15H19ClFN3O2. The predicted molar refractivity (Wildman–Crippen MR) is 81.9 cm³/mol. The fourth-order valence-corrected chi connectivity index (χ4v) is 2.51. The maximum atomic E-state index is 13.5. The van der Waals surface area contributed by atoms with E-state index in [0.29, 0.717) is 19.6 Å². The van der Waals surface area contributed by atoms with E-state index < -0.39 is 11.9 Å². The molecule has 22 heavy (non-hydrogen) atoms. The first-order chi connectivity index (χ1) is 10.4. The van der Waals surface area contributed by atoms with Gasteiger partial charge in [0.15, 0.2) is 0 Å². The van der Waals surface area contributed by atoms with Crippen LogP contribution in [-0.4, -0.2) is 54.8 Å². The first-order valence-corrected chi connectivity index (χ1v) is 7.42. The molecule has 120 valence electrons. The SMILES string of the molecule is CN(C)C(=O)CC1C(=O)NCCN1Cc1ccc(Cl)c(F)c1. The van der Waals surface area contributed by atoms with Gasteiger partial charge in [0.1, 0.15) is 5.82 Å². The van der Waals surface area contributed by atoms with Gasteiger partial charge in [-0.2, -0.15) is 0 Å². The van der Waals surface area contributed by atoms with E-state index in [0.717, 1.165) is 5.56 Å². The highest BCUT2D eigenvalue weighted by Crippen LogP contribution is 2.19. The fourth-order valence-electron chi connectivity index (χ4n) is 2.39. The molecule has 0 radical (unpaired) electrons. The number of amides is 2. The number of hydrogen-bond donors (Lipinski definition) is 1. The summed E-state index contributed by atoms with van der Waals surface area (Å²) in [7, 11) is 3.31. The van der Waals surface area contributed by atoms with Gasteiger partial charge in [0.05, 0.1) is 17.5 Å². The molecule has 2 rings (SSSR count). The second kappa shape index (κ2) is 7.07. The van der Waals surface area contributed by atoms with E-state index in [1.165, 1.54) is 17.0 Å². The van der Waals surface area contributed by atoms with Crippen LogP contribution in [0.4, 0.5) is 4.39 Å². The highest BCUT2D eigenvalue weighted by Gasteiger charge is 2.32. The lowest BCUT2D eigenvalue weighted by atomic mass is 10.1. The van der Waals surface area contributed by atoms with Gasteiger partial charge in [0.25, 0.3) is 0 Å². The largest absolute Gasteiger partial charge is 0.353 e. The quantitative estimate of drug-likeness (QED) is 0.906. The lowest BCUT2D eigenvalue weighted by Crippen LogP contribution is -2.56. The summed E-state index contributed by atoms with van der Waals surface area (Å²) in [4.78, 5) is 27.3. The minimum Gasteiger partial charge on any atom is -0.353 e. The van der Waals surface area contributed by atoms with Crippen molar-refractivity contribution in [1.82, 2.24) is 15.1 Å². The monoisotopic (exact) mass is 327 g/mol. The molecule has 1 aromatic carbocycles. The molecule has 1 aromatic rings. The second-order valence-electron chi connectivity index (χ2n) is 5.52. The Hall–Kier alpha value is -1.66. The first kappa shape index (κ1) is 16.7. The Morgan fingerprint density at radius 1 is 1.50 bits per heavy atom. The average molecular weight is 328 g/mol. The van der Waals surface area contributed by atoms with Crippen molar-refractivity contribution < 1.29 is 14.0 Å². The minimum atomic E-state index is -0.539. The van der Waals surface area contributed by atoms with Crippen LogP contribution in [0.1, 0.15) is 12.0 Å². The van der Waals surface area contributed by atoms with E-state index in [9.17, 15) is 14.0 Å². The molecule has 0 saturated carbocycles. The van der Waals surface area contributed by atoms with E-state index in [1.807, 2.05) is 4.90 Å². The third kappa shape index (κ3) is 3.96. The summed E-state index contributed by atoms with van der Waals surface area (Å²) < 4.78 is 13.5. The van der Waals surface area contributed by atoms with Crippen molar-refractivity contribution in [3.8, 4) is 0 Å². The standard InChI is InChI=1S/C15H19ClFN3O2/c1-19(2)14(21)8-13-15(22)18-5-6-20(13)9-10-3-4-11(16)12(17)7-10/h3-4,7,13H,5-6,8-9H2,1-2H3,(H,18,22). The highest BCUT2D eigenvalue weighted by atomic mass is 35.5. The molecule has 1 atom stereocenters. The Morgan fingerprint density at radius 3 is 2.86 bits per heavy atom. The molecule has 7 heteroatoms. The topological polar surface area (TPSA) is 52.7 Å². The van der Waals surface area contributed by atoms with Gasteiger partial charge in [-0.3, -0.25) is 14.5 Å². The van der Waals surface area contributed by atoms with Gasteiger partial charge in [-0.05, 0) is 17.7 Å². The Labute approximate surface area is 134 Å². The molecular weight excluding hydrogens is 309 g/mol. The lowest BCUT2D eigenvalue weighted by molar-refractivity contribution is -0.137. The molecule has 1 aliphatic rings. The molecule has 1 saturated heterocycles. The zero-order valence-electron chi connectivity index (χ0n) is 12.6. The molecule has 1 heterocycles. The van der Waals surface area contributed by atoms with E-state index in [1.54, 1.807) is 20.2 Å². The Morgan fingerprint density at radius 2 is 2.23 bits per heavy atom. The van der Waals surface area contributed by atoms with Gasteiger partial charge in [0.2, 0.25) is 11.8 Å². The molecule has 1 aliphatic heterocycles. The van der Waals surface area contributed by atoms with Crippen LogP contribution in [0, 0.1) is 5.82 Å². The Bertz CT molecular complexity index is 580. The molecule has 1 unspecified atom stereocenters. The van der Waals surface area contributed by atoms with Gasteiger partial charge >= 0.3 is 0 Å². The first-order valence-electron chi connectivity index (χ1n) is 7.04. The van der Waals surface area contributed by atoms with Crippen molar-refractivity contribution in [1.29, 1.82) is 0 Å². The summed E-state index contributed by atoms with van der Waals surface area (Å²) in [6.07, 6.45) is 0.106. The van der Waals surface area contributed by atoms with Crippen LogP contribution in [0.5, 0.6) is 0 Å². The van der Waals surface area contributed by atoms with Crippen molar-refractivity contribution in [3.63, 3.8) is 0 Å². The maximum absolute atomic E-state index is 13.5. The van der Waals surface area contributed by atoms with Crippen LogP contribution in [-0.2, 0) is 16.1 Å². The summed E-state index contributed by atoms with van der Waals surface area (Å²) in [6, 6.07) is 4.04. The summed E-state index contributed by atoms with van der Waals surface area (Å²) in [5.41, 5.74) is 0.721. The second-order valence-corrected chi connectivity index (χ2v) is 5.93. The third-order valence-electron chi connectivity index (χ3n) is 3.68. The number of rotatable bonds is 4. The number of carbonyl (C=O) groups excluding carboxylic acids is 2. The van der Waals surface area contributed by atoms with E-state index in [2.05, 4.69) is 5.32 Å². The minimum absolute atomic E-state index is 0.0690. The summed E-state index contributed by atoms with van der Waals surface area (Å²) >= 11 is 5.68. The number of halogens is 2. The van der Waals surface area contributed by atoms with Crippen molar-refractivity contribution in [2.45, 2.75) is 19.0 Å². The number of piperazine rings is 1. The smallest absolute Gasteiger partial charge is 0.237 e. The lowest BCUT2D eigenvalue weighted by Gasteiger charge is -2.35. The van der Waals surface area contributed by atoms with Gasteiger partial charge in [-0.15, -0.1) is 0 Å². The maximum Gasteiger partial charge on any atom is 0.237 e. The van der Waals surface area contributed by atoms with Crippen LogP contribution in [0.25, 0.3) is 0 Å². The number of carbonyl (C=O) groups is 2. The molecule has 0 bridgehead atoms. The molecule has 0 aromatic heterocycles. The van der Waals surface area contributed by atoms with Crippen LogP contribution in [0.3, 0.4) is 0 Å². The van der Waals surface area contributed by atoms with E-state index in [4.69, 9.17) is 11.6 Å². The van der Waals surface area contributed by atoms with Gasteiger partial charge in [-0.25, -0.2) is 4.39 Å². The van der Waals surface area contributed by atoms with Crippen molar-refractivity contribution in [2.75, 3.05) is 27.2 Å². The van der Waals surface area contributed by atoms with Crippen molar-refractivity contribution in [2.24, 2.45) is 0 Å². The number of nitrogens with one attached hydrogen (secondary N) is 1. The van der Waals surface area contributed by atoms with E-state index >= 15 is 0 Å². The third-order valence-corrected chi connectivity index (χ3v) is 3.98. The molecule has 2 amide bonds. The highest BCUT2D eigenvalue weighted by molar-refractivity contribution is 6.30. The van der Waals surface area contributed by atoms with Crippen LogP contribution < -0.4 is 5.32 Å². The number of nitrogens with zero attached hydrogens (tertiary/aromatic N) is 2.